The Balaban J connectivity index is 1.81. The average Bonchev–Trinajstić information content (AvgIpc) is 2.64. The van der Waals surface area contributed by atoms with Gasteiger partial charge >= 0.3 is 0 Å². The van der Waals surface area contributed by atoms with Crippen LogP contribution in [0, 0.1) is 11.8 Å². The van der Waals surface area contributed by atoms with Gasteiger partial charge in [0.1, 0.15) is 5.75 Å². The van der Waals surface area contributed by atoms with Crippen LogP contribution in [0.5, 0.6) is 5.75 Å². The van der Waals surface area contributed by atoms with Gasteiger partial charge in [-0.25, -0.2) is 0 Å². The van der Waals surface area contributed by atoms with Crippen molar-refractivity contribution in [3.63, 3.8) is 0 Å². The van der Waals surface area contributed by atoms with Crippen LogP contribution in [0.2, 0.25) is 0 Å². The molecule has 1 atom stereocenters. The predicted octanol–water partition coefficient (Wildman–Crippen LogP) is 2.55. The number of nitrogens with one attached hydrogen (secondary N) is 2. The molecule has 0 bridgehead atoms. The van der Waals surface area contributed by atoms with Crippen LogP contribution in [0.4, 0.5) is 0 Å². The summed E-state index contributed by atoms with van der Waals surface area (Å²) in [6.45, 7) is 7.21. The number of carbonyl (C=O) groups excluding carboxylic acids is 1. The number of hydrogen-bond acceptors (Lipinski definition) is 3. The lowest BCUT2D eigenvalue weighted by Gasteiger charge is -2.34. The lowest BCUT2D eigenvalue weighted by molar-refractivity contribution is -0.126. The molecule has 1 heterocycles. The lowest BCUT2D eigenvalue weighted by Crippen LogP contribution is -2.48. The summed E-state index contributed by atoms with van der Waals surface area (Å²) < 4.78 is 5.17. The first-order valence-electron chi connectivity index (χ1n) is 8.93. The summed E-state index contributed by atoms with van der Waals surface area (Å²) >= 11 is 5.53. The summed E-state index contributed by atoms with van der Waals surface area (Å²) in [5.41, 5.74) is 1.14. The average molecular weight is 364 g/mol. The molecule has 0 radical (unpaired) electrons. The monoisotopic (exact) mass is 363 g/mol. The highest BCUT2D eigenvalue weighted by Gasteiger charge is 2.26. The number of carbonyl (C=O) groups is 1. The van der Waals surface area contributed by atoms with Gasteiger partial charge in [0.2, 0.25) is 5.91 Å². The maximum Gasteiger partial charge on any atom is 0.224 e. The molecule has 1 aliphatic heterocycles. The van der Waals surface area contributed by atoms with Crippen molar-refractivity contribution in [2.45, 2.75) is 33.2 Å². The molecule has 1 amide bonds. The third-order valence-electron chi connectivity index (χ3n) is 4.37. The van der Waals surface area contributed by atoms with E-state index in [4.69, 9.17) is 17.0 Å². The number of amides is 1. The molecule has 1 fully saturated rings. The molecule has 1 aromatic carbocycles. The van der Waals surface area contributed by atoms with Crippen molar-refractivity contribution < 1.29 is 9.53 Å². The molecule has 5 nitrogen and oxygen atoms in total. The number of rotatable bonds is 6. The highest BCUT2D eigenvalue weighted by molar-refractivity contribution is 7.80. The van der Waals surface area contributed by atoms with E-state index < -0.39 is 0 Å². The van der Waals surface area contributed by atoms with Gasteiger partial charge in [0.25, 0.3) is 0 Å². The van der Waals surface area contributed by atoms with Crippen molar-refractivity contribution in [3.8, 4) is 5.75 Å². The second-order valence-corrected chi connectivity index (χ2v) is 7.32. The molecule has 1 unspecified atom stereocenters. The van der Waals surface area contributed by atoms with Gasteiger partial charge in [0, 0.05) is 26.2 Å². The van der Waals surface area contributed by atoms with E-state index in [0.29, 0.717) is 19.0 Å². The predicted molar refractivity (Wildman–Crippen MR) is 105 cm³/mol. The van der Waals surface area contributed by atoms with Crippen LogP contribution in [0.25, 0.3) is 0 Å². The first-order chi connectivity index (χ1) is 12.0. The third kappa shape index (κ3) is 6.20. The minimum absolute atomic E-state index is 0.0215. The molecule has 2 N–H and O–H groups in total. The highest BCUT2D eigenvalue weighted by atomic mass is 32.1. The molecule has 25 heavy (non-hydrogen) atoms. The molecule has 1 saturated heterocycles. The quantitative estimate of drug-likeness (QED) is 0.761. The summed E-state index contributed by atoms with van der Waals surface area (Å²) in [6, 6.07) is 7.92. The van der Waals surface area contributed by atoms with Crippen molar-refractivity contribution in [3.05, 3.63) is 29.8 Å². The fourth-order valence-electron chi connectivity index (χ4n) is 2.86. The molecule has 138 valence electrons. The van der Waals surface area contributed by atoms with Gasteiger partial charge < -0.3 is 20.3 Å². The van der Waals surface area contributed by atoms with Crippen LogP contribution in [-0.2, 0) is 11.3 Å². The number of piperidine rings is 1. The number of thiocarbonyl (C=S) groups is 1. The Bertz CT molecular complexity index is 575. The van der Waals surface area contributed by atoms with Crippen LogP contribution in [0.15, 0.2) is 24.3 Å². The third-order valence-corrected chi connectivity index (χ3v) is 4.77. The molecular weight excluding hydrogens is 334 g/mol. The van der Waals surface area contributed by atoms with Gasteiger partial charge in [0.15, 0.2) is 5.11 Å². The zero-order valence-corrected chi connectivity index (χ0v) is 16.2. The Morgan fingerprint density at radius 2 is 2.04 bits per heavy atom. The van der Waals surface area contributed by atoms with Crippen molar-refractivity contribution in [1.29, 1.82) is 0 Å². The summed E-state index contributed by atoms with van der Waals surface area (Å²) in [5, 5.41) is 7.06. The Morgan fingerprint density at radius 1 is 1.32 bits per heavy atom. The number of nitrogens with zero attached hydrogens (tertiary/aromatic N) is 1. The second kappa shape index (κ2) is 9.61. The number of ether oxygens (including phenoxy) is 1. The fraction of sp³-hybridized carbons (Fsp3) is 0.579. The Labute approximate surface area is 156 Å². The summed E-state index contributed by atoms with van der Waals surface area (Å²) in [5.74, 6) is 1.48. The first-order valence-corrected chi connectivity index (χ1v) is 9.34. The van der Waals surface area contributed by atoms with Gasteiger partial charge in [-0.15, -0.1) is 0 Å². The normalized spacial score (nSPS) is 17.3. The Kier molecular flexibility index (Phi) is 7.50. The standard InChI is InChI=1S/C19H29N3O2S/c1-14(2)11-20-18(23)16-5-4-10-22(13-16)19(25)21-12-15-6-8-17(24-3)9-7-15/h6-9,14,16H,4-5,10-13H2,1-3H3,(H,20,23)(H,21,25). The smallest absolute Gasteiger partial charge is 0.224 e. The van der Waals surface area contributed by atoms with Crippen molar-refractivity contribution in [2.75, 3.05) is 26.7 Å². The lowest BCUT2D eigenvalue weighted by atomic mass is 9.97. The number of hydrogen-bond donors (Lipinski definition) is 2. The molecule has 0 saturated carbocycles. The van der Waals surface area contributed by atoms with E-state index >= 15 is 0 Å². The van der Waals surface area contributed by atoms with Crippen LogP contribution < -0.4 is 15.4 Å². The van der Waals surface area contributed by atoms with Crippen molar-refractivity contribution in [1.82, 2.24) is 15.5 Å². The summed E-state index contributed by atoms with van der Waals surface area (Å²) in [6.07, 6.45) is 1.92. The van der Waals surface area contributed by atoms with Gasteiger partial charge in [-0.3, -0.25) is 4.79 Å². The largest absolute Gasteiger partial charge is 0.497 e. The van der Waals surface area contributed by atoms with E-state index in [-0.39, 0.29) is 11.8 Å². The maximum atomic E-state index is 12.3. The molecular formula is C19H29N3O2S. The minimum atomic E-state index is 0.0215. The number of methoxy groups -OCH3 is 1. The van der Waals surface area contributed by atoms with Crippen LogP contribution in [0.3, 0.4) is 0 Å². The Morgan fingerprint density at radius 3 is 2.68 bits per heavy atom. The van der Waals surface area contributed by atoms with E-state index in [9.17, 15) is 4.79 Å². The maximum absolute atomic E-state index is 12.3. The molecule has 0 aliphatic carbocycles. The molecule has 0 aromatic heterocycles. The van der Waals surface area contributed by atoms with E-state index in [1.807, 2.05) is 24.3 Å². The zero-order chi connectivity index (χ0) is 18.2. The van der Waals surface area contributed by atoms with Gasteiger partial charge in [-0.1, -0.05) is 26.0 Å². The van der Waals surface area contributed by atoms with E-state index in [2.05, 4.69) is 29.4 Å². The van der Waals surface area contributed by atoms with Crippen molar-refractivity contribution in [2.24, 2.45) is 11.8 Å². The van der Waals surface area contributed by atoms with Gasteiger partial charge in [-0.2, -0.15) is 0 Å². The Hall–Kier alpha value is -1.82. The number of likely N-dealkylation sites (tertiary alicyclic amines) is 1. The molecule has 1 aromatic rings. The number of benzene rings is 1. The van der Waals surface area contributed by atoms with Gasteiger partial charge in [-0.05, 0) is 48.7 Å². The molecule has 0 spiro atoms. The summed E-state index contributed by atoms with van der Waals surface area (Å²) in [7, 11) is 1.66. The highest BCUT2D eigenvalue weighted by Crippen LogP contribution is 2.17. The topological polar surface area (TPSA) is 53.6 Å². The fourth-order valence-corrected chi connectivity index (χ4v) is 3.10. The van der Waals surface area contributed by atoms with E-state index in [1.54, 1.807) is 7.11 Å². The van der Waals surface area contributed by atoms with Crippen molar-refractivity contribution >= 4 is 23.2 Å². The SMILES string of the molecule is COc1ccc(CNC(=S)N2CCCC(C(=O)NCC(C)C)C2)cc1. The van der Waals surface area contributed by atoms with Crippen LogP contribution >= 0.6 is 12.2 Å². The first kappa shape index (κ1) is 19.5. The minimum Gasteiger partial charge on any atom is -0.497 e. The summed E-state index contributed by atoms with van der Waals surface area (Å²) in [4.78, 5) is 14.4. The molecule has 6 heteroatoms. The van der Waals surface area contributed by atoms with E-state index in [0.717, 1.165) is 42.4 Å². The molecule has 1 aliphatic rings. The van der Waals surface area contributed by atoms with Gasteiger partial charge in [0.05, 0.1) is 13.0 Å². The van der Waals surface area contributed by atoms with E-state index in [1.165, 1.54) is 0 Å². The van der Waals surface area contributed by atoms with Crippen LogP contribution in [-0.4, -0.2) is 42.7 Å². The van der Waals surface area contributed by atoms with Crippen LogP contribution in [0.1, 0.15) is 32.3 Å². The zero-order valence-electron chi connectivity index (χ0n) is 15.4. The molecule has 2 rings (SSSR count). The second-order valence-electron chi connectivity index (χ2n) is 6.93.